The zero-order valence-corrected chi connectivity index (χ0v) is 16.7. The molecule has 0 spiro atoms. The predicted molar refractivity (Wildman–Crippen MR) is 107 cm³/mol. The van der Waals surface area contributed by atoms with E-state index in [-0.39, 0.29) is 11.4 Å². The van der Waals surface area contributed by atoms with Crippen LogP contribution in [0.3, 0.4) is 0 Å². The maximum atomic E-state index is 12.5. The minimum Gasteiger partial charge on any atom is -0.497 e. The van der Waals surface area contributed by atoms with Crippen molar-refractivity contribution in [2.24, 2.45) is 0 Å². The summed E-state index contributed by atoms with van der Waals surface area (Å²) in [5.74, 6) is 1.13. The van der Waals surface area contributed by atoms with Gasteiger partial charge in [-0.2, -0.15) is 0 Å². The second-order valence-electron chi connectivity index (χ2n) is 5.95. The molecule has 0 radical (unpaired) electrons. The quantitative estimate of drug-likeness (QED) is 0.585. The van der Waals surface area contributed by atoms with Gasteiger partial charge in [0.25, 0.3) is 5.91 Å². The van der Waals surface area contributed by atoms with E-state index in [2.05, 4.69) is 10.0 Å². The van der Waals surface area contributed by atoms with Crippen LogP contribution in [0.5, 0.6) is 11.5 Å². The fourth-order valence-corrected chi connectivity index (χ4v) is 3.54. The smallest absolute Gasteiger partial charge is 0.255 e. The van der Waals surface area contributed by atoms with Crippen LogP contribution in [0.4, 0.5) is 5.69 Å². The summed E-state index contributed by atoms with van der Waals surface area (Å²) in [4.78, 5) is 12.5. The Balaban J connectivity index is 1.70. The predicted octanol–water partition coefficient (Wildman–Crippen LogP) is 3.03. The second kappa shape index (κ2) is 8.80. The summed E-state index contributed by atoms with van der Waals surface area (Å²) in [6.07, 6.45) is 1.47. The molecule has 0 atom stereocenters. The Bertz CT molecular complexity index is 1080. The fraction of sp³-hybridized carbons (Fsp3) is 0.150. The third-order valence-corrected chi connectivity index (χ3v) is 5.52. The third kappa shape index (κ3) is 4.95. The minimum atomic E-state index is -3.73. The summed E-state index contributed by atoms with van der Waals surface area (Å²) in [7, 11) is -0.712. The van der Waals surface area contributed by atoms with Gasteiger partial charge in [-0.1, -0.05) is 0 Å². The maximum Gasteiger partial charge on any atom is 0.255 e. The number of amides is 1. The van der Waals surface area contributed by atoms with Crippen molar-refractivity contribution < 1.29 is 27.1 Å². The van der Waals surface area contributed by atoms with Gasteiger partial charge >= 0.3 is 0 Å². The molecule has 0 bridgehead atoms. The Kier molecular flexibility index (Phi) is 6.20. The van der Waals surface area contributed by atoms with Crippen LogP contribution < -0.4 is 19.5 Å². The highest BCUT2D eigenvalue weighted by molar-refractivity contribution is 7.89. The number of methoxy groups -OCH3 is 2. The van der Waals surface area contributed by atoms with Gasteiger partial charge in [-0.05, 0) is 48.5 Å². The van der Waals surface area contributed by atoms with Crippen LogP contribution >= 0.6 is 0 Å². The molecule has 0 saturated heterocycles. The first kappa shape index (κ1) is 20.4. The molecule has 1 aromatic heterocycles. The zero-order valence-electron chi connectivity index (χ0n) is 15.8. The average molecular weight is 416 g/mol. The maximum absolute atomic E-state index is 12.5. The molecule has 152 valence electrons. The molecule has 0 saturated carbocycles. The summed E-state index contributed by atoms with van der Waals surface area (Å²) in [5.41, 5.74) is 0.767. The summed E-state index contributed by atoms with van der Waals surface area (Å²) in [6.45, 7) is 0.0365. The molecule has 3 aromatic rings. The molecule has 0 aliphatic carbocycles. The van der Waals surface area contributed by atoms with Crippen molar-refractivity contribution in [1.82, 2.24) is 4.72 Å². The number of anilines is 1. The van der Waals surface area contributed by atoms with Gasteiger partial charge in [-0.3, -0.25) is 4.79 Å². The lowest BCUT2D eigenvalue weighted by Gasteiger charge is -2.12. The van der Waals surface area contributed by atoms with Gasteiger partial charge in [0.2, 0.25) is 10.0 Å². The van der Waals surface area contributed by atoms with Crippen molar-refractivity contribution in [2.75, 3.05) is 19.5 Å². The Morgan fingerprint density at radius 2 is 1.79 bits per heavy atom. The first-order valence-corrected chi connectivity index (χ1v) is 10.1. The molecule has 1 heterocycles. The molecular weight excluding hydrogens is 396 g/mol. The number of furan rings is 1. The molecule has 2 N–H and O–H groups in total. The van der Waals surface area contributed by atoms with Crippen molar-refractivity contribution in [2.45, 2.75) is 11.4 Å². The van der Waals surface area contributed by atoms with Crippen LogP contribution in [-0.2, 0) is 16.6 Å². The highest BCUT2D eigenvalue weighted by Crippen LogP contribution is 2.29. The lowest BCUT2D eigenvalue weighted by molar-refractivity contribution is 0.102. The average Bonchev–Trinajstić information content (AvgIpc) is 3.26. The van der Waals surface area contributed by atoms with E-state index in [1.165, 1.54) is 44.7 Å². The Hall–Kier alpha value is -3.30. The first-order valence-electron chi connectivity index (χ1n) is 8.58. The number of nitrogens with one attached hydrogen (secondary N) is 2. The third-order valence-electron chi connectivity index (χ3n) is 4.10. The van der Waals surface area contributed by atoms with E-state index in [1.54, 1.807) is 30.3 Å². The zero-order chi connectivity index (χ0) is 20.9. The van der Waals surface area contributed by atoms with E-state index < -0.39 is 15.9 Å². The van der Waals surface area contributed by atoms with E-state index in [4.69, 9.17) is 13.9 Å². The normalized spacial score (nSPS) is 11.1. The SMILES string of the molecule is COc1ccc(NC(=O)c2ccc(S(=O)(=O)NCc3ccco3)cc2)c(OC)c1. The summed E-state index contributed by atoms with van der Waals surface area (Å²) < 4.78 is 42.7. The number of ether oxygens (including phenoxy) is 2. The van der Waals surface area contributed by atoms with Gasteiger partial charge in [0.05, 0.1) is 37.6 Å². The Labute approximate surface area is 168 Å². The number of rotatable bonds is 8. The van der Waals surface area contributed by atoms with E-state index in [0.717, 1.165) is 0 Å². The van der Waals surface area contributed by atoms with Gasteiger partial charge in [-0.15, -0.1) is 0 Å². The van der Waals surface area contributed by atoms with E-state index >= 15 is 0 Å². The van der Waals surface area contributed by atoms with Crippen molar-refractivity contribution in [1.29, 1.82) is 0 Å². The molecule has 2 aromatic carbocycles. The van der Waals surface area contributed by atoms with Crippen LogP contribution in [0.25, 0.3) is 0 Å². The Morgan fingerprint density at radius 1 is 1.03 bits per heavy atom. The molecule has 3 rings (SSSR count). The Morgan fingerprint density at radius 3 is 2.41 bits per heavy atom. The van der Waals surface area contributed by atoms with Gasteiger partial charge in [0.1, 0.15) is 17.3 Å². The van der Waals surface area contributed by atoms with Crippen LogP contribution in [0.1, 0.15) is 16.1 Å². The molecule has 0 aliphatic heterocycles. The highest BCUT2D eigenvalue weighted by Gasteiger charge is 2.16. The molecule has 9 heteroatoms. The summed E-state index contributed by atoms with van der Waals surface area (Å²) >= 11 is 0. The van der Waals surface area contributed by atoms with Crippen LogP contribution in [0.15, 0.2) is 70.2 Å². The standard InChI is InChI=1S/C20H20N2O6S/c1-26-15-7-10-18(19(12-15)27-2)22-20(23)14-5-8-17(9-6-14)29(24,25)21-13-16-4-3-11-28-16/h3-12,21H,13H2,1-2H3,(H,22,23). The molecule has 8 nitrogen and oxygen atoms in total. The van der Waals surface area contributed by atoms with Crippen LogP contribution in [-0.4, -0.2) is 28.5 Å². The highest BCUT2D eigenvalue weighted by atomic mass is 32.2. The molecule has 0 aliphatic rings. The van der Waals surface area contributed by atoms with Crippen LogP contribution in [0, 0.1) is 0 Å². The largest absolute Gasteiger partial charge is 0.497 e. The summed E-state index contributed by atoms with van der Waals surface area (Å²) in [5, 5.41) is 2.73. The summed E-state index contributed by atoms with van der Waals surface area (Å²) in [6, 6.07) is 14.0. The molecule has 0 fully saturated rings. The van der Waals surface area contributed by atoms with Crippen molar-refractivity contribution >= 4 is 21.6 Å². The van der Waals surface area contributed by atoms with Crippen LogP contribution in [0.2, 0.25) is 0 Å². The first-order chi connectivity index (χ1) is 13.9. The molecule has 1 amide bonds. The van der Waals surface area contributed by atoms with E-state index in [9.17, 15) is 13.2 Å². The number of carbonyl (C=O) groups is 1. The lowest BCUT2D eigenvalue weighted by atomic mass is 10.2. The van der Waals surface area contributed by atoms with Crippen molar-refractivity contribution in [3.63, 3.8) is 0 Å². The van der Waals surface area contributed by atoms with Crippen molar-refractivity contribution in [3.8, 4) is 11.5 Å². The monoisotopic (exact) mass is 416 g/mol. The topological polar surface area (TPSA) is 107 Å². The van der Waals surface area contributed by atoms with Gasteiger partial charge in [0, 0.05) is 11.6 Å². The minimum absolute atomic E-state index is 0.0365. The molecular formula is C20H20N2O6S. The number of benzene rings is 2. The fourth-order valence-electron chi connectivity index (χ4n) is 2.54. The van der Waals surface area contributed by atoms with E-state index in [0.29, 0.717) is 28.5 Å². The van der Waals surface area contributed by atoms with Crippen molar-refractivity contribution in [3.05, 3.63) is 72.2 Å². The van der Waals surface area contributed by atoms with Gasteiger partial charge in [0.15, 0.2) is 0 Å². The number of carbonyl (C=O) groups excluding carboxylic acids is 1. The second-order valence-corrected chi connectivity index (χ2v) is 7.72. The number of hydrogen-bond donors (Lipinski definition) is 2. The van der Waals surface area contributed by atoms with Gasteiger partial charge < -0.3 is 19.2 Å². The van der Waals surface area contributed by atoms with E-state index in [1.807, 2.05) is 0 Å². The lowest BCUT2D eigenvalue weighted by Crippen LogP contribution is -2.23. The molecule has 29 heavy (non-hydrogen) atoms. The molecule has 0 unspecified atom stereocenters. The number of hydrogen-bond acceptors (Lipinski definition) is 6. The number of sulfonamides is 1. The van der Waals surface area contributed by atoms with Gasteiger partial charge in [-0.25, -0.2) is 13.1 Å².